The lowest BCUT2D eigenvalue weighted by atomic mass is 10.0. The molecule has 0 aliphatic rings. The number of halogens is 2. The van der Waals surface area contributed by atoms with E-state index < -0.39 is 15.6 Å². The molecular formula is C11H16BrClN2O4S. The molecule has 0 aromatic carbocycles. The first-order valence-electron chi connectivity index (χ1n) is 5.70. The smallest absolute Gasteiger partial charge is 0.243 e. The fraction of sp³-hybridized carbons (Fsp3) is 0.545. The van der Waals surface area contributed by atoms with E-state index in [1.807, 2.05) is 0 Å². The van der Waals surface area contributed by atoms with Crippen LogP contribution in [0, 0.1) is 0 Å². The SMILES string of the molecule is COCCC(C)(O)CNS(=O)(=O)c1cc(Br)cnc1Cl. The van der Waals surface area contributed by atoms with Gasteiger partial charge in [0.2, 0.25) is 10.0 Å². The number of hydrogen-bond donors (Lipinski definition) is 2. The van der Waals surface area contributed by atoms with E-state index in [2.05, 4.69) is 25.6 Å². The minimum absolute atomic E-state index is 0.128. The van der Waals surface area contributed by atoms with Crippen molar-refractivity contribution in [3.63, 3.8) is 0 Å². The summed E-state index contributed by atoms with van der Waals surface area (Å²) < 4.78 is 31.9. The van der Waals surface area contributed by atoms with E-state index in [-0.39, 0.29) is 16.6 Å². The van der Waals surface area contributed by atoms with E-state index in [9.17, 15) is 13.5 Å². The van der Waals surface area contributed by atoms with Crippen molar-refractivity contribution >= 4 is 37.6 Å². The monoisotopic (exact) mass is 386 g/mol. The average Bonchev–Trinajstić information content (AvgIpc) is 2.37. The van der Waals surface area contributed by atoms with Crippen LogP contribution in [0.5, 0.6) is 0 Å². The van der Waals surface area contributed by atoms with Crippen LogP contribution in [-0.2, 0) is 14.8 Å². The Labute approximate surface area is 131 Å². The van der Waals surface area contributed by atoms with E-state index in [4.69, 9.17) is 16.3 Å². The van der Waals surface area contributed by atoms with Crippen molar-refractivity contribution < 1.29 is 18.3 Å². The van der Waals surface area contributed by atoms with Crippen molar-refractivity contribution in [3.05, 3.63) is 21.9 Å². The molecule has 1 unspecified atom stereocenters. The van der Waals surface area contributed by atoms with Gasteiger partial charge in [-0.3, -0.25) is 0 Å². The van der Waals surface area contributed by atoms with Gasteiger partial charge in [-0.25, -0.2) is 18.1 Å². The summed E-state index contributed by atoms with van der Waals surface area (Å²) in [6.07, 6.45) is 1.70. The molecule has 0 spiro atoms. The third kappa shape index (κ3) is 5.27. The Kier molecular flexibility index (Phi) is 6.36. The number of sulfonamides is 1. The van der Waals surface area contributed by atoms with Crippen molar-refractivity contribution in [1.82, 2.24) is 9.71 Å². The summed E-state index contributed by atoms with van der Waals surface area (Å²) in [6.45, 7) is 1.70. The van der Waals surface area contributed by atoms with Crippen LogP contribution in [0.25, 0.3) is 0 Å². The quantitative estimate of drug-likeness (QED) is 0.693. The highest BCUT2D eigenvalue weighted by Crippen LogP contribution is 2.22. The maximum atomic E-state index is 12.1. The predicted octanol–water partition coefficient (Wildman–Crippen LogP) is 1.56. The molecule has 9 heteroatoms. The van der Waals surface area contributed by atoms with E-state index in [1.165, 1.54) is 26.3 Å². The molecule has 0 aliphatic heterocycles. The second-order valence-electron chi connectivity index (χ2n) is 4.51. The van der Waals surface area contributed by atoms with Gasteiger partial charge in [0.05, 0.1) is 5.60 Å². The number of nitrogens with one attached hydrogen (secondary N) is 1. The highest BCUT2D eigenvalue weighted by atomic mass is 79.9. The normalized spacial score (nSPS) is 15.1. The molecule has 0 amide bonds. The number of nitrogens with zero attached hydrogens (tertiary/aromatic N) is 1. The number of methoxy groups -OCH3 is 1. The molecule has 0 aliphatic carbocycles. The maximum Gasteiger partial charge on any atom is 0.243 e. The van der Waals surface area contributed by atoms with E-state index in [0.717, 1.165) is 0 Å². The molecule has 0 radical (unpaired) electrons. The minimum Gasteiger partial charge on any atom is -0.389 e. The van der Waals surface area contributed by atoms with Crippen molar-refractivity contribution in [3.8, 4) is 0 Å². The summed E-state index contributed by atoms with van der Waals surface area (Å²) in [7, 11) is -2.34. The van der Waals surface area contributed by atoms with Gasteiger partial charge in [-0.05, 0) is 28.9 Å². The summed E-state index contributed by atoms with van der Waals surface area (Å²) in [6, 6.07) is 1.35. The molecule has 6 nitrogen and oxygen atoms in total. The zero-order valence-electron chi connectivity index (χ0n) is 11.1. The third-order valence-corrected chi connectivity index (χ3v) is 4.81. The van der Waals surface area contributed by atoms with E-state index in [0.29, 0.717) is 17.5 Å². The Morgan fingerprint density at radius 2 is 2.25 bits per heavy atom. The van der Waals surface area contributed by atoms with E-state index >= 15 is 0 Å². The minimum atomic E-state index is -3.85. The van der Waals surface area contributed by atoms with E-state index in [1.54, 1.807) is 0 Å². The van der Waals surface area contributed by atoms with Crippen LogP contribution in [0.2, 0.25) is 5.15 Å². The topological polar surface area (TPSA) is 88.5 Å². The number of hydrogen-bond acceptors (Lipinski definition) is 5. The molecular weight excluding hydrogens is 372 g/mol. The first kappa shape index (κ1) is 17.8. The van der Waals surface area contributed by atoms with Gasteiger partial charge in [-0.15, -0.1) is 0 Å². The molecule has 1 aromatic heterocycles. The zero-order chi connectivity index (χ0) is 15.4. The highest BCUT2D eigenvalue weighted by Gasteiger charge is 2.25. The van der Waals surface area contributed by atoms with Crippen molar-refractivity contribution in [1.29, 1.82) is 0 Å². The Balaban J connectivity index is 2.83. The van der Waals surface area contributed by atoms with Crippen LogP contribution in [0.4, 0.5) is 0 Å². The molecule has 1 aromatic rings. The number of rotatable bonds is 7. The molecule has 0 saturated heterocycles. The lowest BCUT2D eigenvalue weighted by Gasteiger charge is -2.23. The van der Waals surface area contributed by atoms with Gasteiger partial charge in [0.25, 0.3) is 0 Å². The van der Waals surface area contributed by atoms with Gasteiger partial charge in [-0.1, -0.05) is 11.6 Å². The Morgan fingerprint density at radius 1 is 1.60 bits per heavy atom. The summed E-state index contributed by atoms with van der Waals surface area (Å²) >= 11 is 8.92. The molecule has 0 saturated carbocycles. The van der Waals surface area contributed by atoms with Crippen LogP contribution in [0.3, 0.4) is 0 Å². The van der Waals surface area contributed by atoms with Crippen LogP contribution >= 0.6 is 27.5 Å². The average molecular weight is 388 g/mol. The molecule has 2 N–H and O–H groups in total. The Morgan fingerprint density at radius 3 is 2.85 bits per heavy atom. The Hall–Kier alpha value is -0.250. The van der Waals surface area contributed by atoms with Crippen molar-refractivity contribution in [2.24, 2.45) is 0 Å². The molecule has 114 valence electrons. The zero-order valence-corrected chi connectivity index (χ0v) is 14.2. The van der Waals surface area contributed by atoms with Crippen LogP contribution in [-0.4, -0.2) is 44.4 Å². The summed E-state index contributed by atoms with van der Waals surface area (Å²) in [5.41, 5.74) is -1.21. The van der Waals surface area contributed by atoms with Gasteiger partial charge in [0, 0.05) is 37.4 Å². The summed E-state index contributed by atoms with van der Waals surface area (Å²) in [5, 5.41) is 9.89. The maximum absolute atomic E-state index is 12.1. The van der Waals surface area contributed by atoms with Gasteiger partial charge in [0.15, 0.2) is 0 Å². The van der Waals surface area contributed by atoms with Gasteiger partial charge >= 0.3 is 0 Å². The molecule has 1 heterocycles. The molecule has 1 rings (SSSR count). The Bertz CT molecular complexity index is 566. The predicted molar refractivity (Wildman–Crippen MR) is 79.3 cm³/mol. The molecule has 0 bridgehead atoms. The first-order valence-corrected chi connectivity index (χ1v) is 8.35. The number of aliphatic hydroxyl groups is 1. The molecule has 1 atom stereocenters. The third-order valence-electron chi connectivity index (χ3n) is 2.55. The van der Waals surface area contributed by atoms with Crippen molar-refractivity contribution in [2.45, 2.75) is 23.8 Å². The van der Waals surface area contributed by atoms with Crippen LogP contribution in [0.1, 0.15) is 13.3 Å². The highest BCUT2D eigenvalue weighted by molar-refractivity contribution is 9.10. The fourth-order valence-corrected chi connectivity index (χ4v) is 3.43. The molecule has 0 fully saturated rings. The second kappa shape index (κ2) is 7.15. The van der Waals surface area contributed by atoms with Crippen LogP contribution < -0.4 is 4.72 Å². The standard InChI is InChI=1S/C11H16BrClN2O4S/c1-11(16,3-4-19-2)7-15-20(17,18)9-5-8(12)6-14-10(9)13/h5-6,15-16H,3-4,7H2,1-2H3. The lowest BCUT2D eigenvalue weighted by molar-refractivity contribution is 0.0292. The fourth-order valence-electron chi connectivity index (χ4n) is 1.33. The summed E-state index contributed by atoms with van der Waals surface area (Å²) in [5.74, 6) is 0. The lowest BCUT2D eigenvalue weighted by Crippen LogP contribution is -2.41. The number of ether oxygens (including phenoxy) is 1. The number of aromatic nitrogens is 1. The number of pyridine rings is 1. The first-order chi connectivity index (χ1) is 9.18. The summed E-state index contributed by atoms with van der Waals surface area (Å²) in [4.78, 5) is 3.61. The van der Waals surface area contributed by atoms with Gasteiger partial charge in [-0.2, -0.15) is 0 Å². The second-order valence-corrected chi connectivity index (χ2v) is 7.52. The van der Waals surface area contributed by atoms with Gasteiger partial charge < -0.3 is 9.84 Å². The van der Waals surface area contributed by atoms with Crippen molar-refractivity contribution in [2.75, 3.05) is 20.3 Å². The van der Waals surface area contributed by atoms with Crippen LogP contribution in [0.15, 0.2) is 21.6 Å². The van der Waals surface area contributed by atoms with Gasteiger partial charge in [0.1, 0.15) is 10.0 Å². The largest absolute Gasteiger partial charge is 0.389 e. The molecule has 20 heavy (non-hydrogen) atoms.